The van der Waals surface area contributed by atoms with Crippen molar-refractivity contribution in [3.05, 3.63) is 45.5 Å². The number of amides is 1. The Morgan fingerprint density at radius 2 is 2.20 bits per heavy atom. The van der Waals surface area contributed by atoms with Crippen LogP contribution in [0.4, 0.5) is 0 Å². The Balaban J connectivity index is 1.78. The van der Waals surface area contributed by atoms with E-state index < -0.39 is 5.97 Å². The van der Waals surface area contributed by atoms with Crippen LogP contribution >= 0.6 is 11.3 Å². The predicted molar refractivity (Wildman–Crippen MR) is 74.6 cm³/mol. The molecule has 0 radical (unpaired) electrons. The normalized spacial score (nSPS) is 10.3. The minimum absolute atomic E-state index is 0.278. The summed E-state index contributed by atoms with van der Waals surface area (Å²) in [7, 11) is 0. The van der Waals surface area contributed by atoms with Crippen molar-refractivity contribution in [1.82, 2.24) is 5.32 Å². The zero-order valence-corrected chi connectivity index (χ0v) is 12.1. The summed E-state index contributed by atoms with van der Waals surface area (Å²) in [6, 6.07) is 5.26. The molecule has 0 aliphatic heterocycles. The number of nitrogens with one attached hydrogen (secondary N) is 1. The predicted octanol–water partition coefficient (Wildman–Crippen LogP) is 2.43. The van der Waals surface area contributed by atoms with Gasteiger partial charge in [-0.15, -0.1) is 11.3 Å². The Hall–Kier alpha value is -2.08. The first-order valence-electron chi connectivity index (χ1n) is 6.09. The van der Waals surface area contributed by atoms with Gasteiger partial charge in [-0.25, -0.2) is 4.79 Å². The molecule has 0 atom stereocenters. The molecule has 2 heterocycles. The minimum atomic E-state index is -0.472. The molecule has 0 aliphatic rings. The van der Waals surface area contributed by atoms with E-state index in [1.165, 1.54) is 17.6 Å². The number of rotatable bonds is 5. The van der Waals surface area contributed by atoms with Gasteiger partial charge >= 0.3 is 5.97 Å². The van der Waals surface area contributed by atoms with Crippen LogP contribution in [0.5, 0.6) is 0 Å². The monoisotopic (exact) mass is 293 g/mol. The average Bonchev–Trinajstić information content (AvgIpc) is 3.03. The molecular weight excluding hydrogens is 278 g/mol. The van der Waals surface area contributed by atoms with Crippen molar-refractivity contribution in [2.75, 3.05) is 6.61 Å². The Kier molecular flexibility index (Phi) is 4.57. The van der Waals surface area contributed by atoms with Crippen molar-refractivity contribution in [2.45, 2.75) is 20.4 Å². The third kappa shape index (κ3) is 3.71. The van der Waals surface area contributed by atoms with E-state index in [9.17, 15) is 9.59 Å². The Bertz CT molecular complexity index is 601. The van der Waals surface area contributed by atoms with Gasteiger partial charge in [0.25, 0.3) is 5.91 Å². The number of esters is 1. The highest BCUT2D eigenvalue weighted by Crippen LogP contribution is 2.21. The molecule has 6 heteroatoms. The van der Waals surface area contributed by atoms with Crippen LogP contribution in [0.1, 0.15) is 25.9 Å². The molecule has 2 aromatic rings. The molecule has 0 saturated heterocycles. The second-order valence-corrected chi connectivity index (χ2v) is 5.72. The second kappa shape index (κ2) is 6.38. The molecule has 0 aromatic carbocycles. The van der Waals surface area contributed by atoms with Crippen molar-refractivity contribution in [3.8, 4) is 0 Å². The molecular formula is C14H15NO4S. The summed E-state index contributed by atoms with van der Waals surface area (Å²) in [6.07, 6.45) is 1.53. The van der Waals surface area contributed by atoms with E-state index in [0.29, 0.717) is 11.3 Å². The number of carbonyl (C=O) groups excluding carboxylic acids is 2. The van der Waals surface area contributed by atoms with E-state index in [4.69, 9.17) is 9.15 Å². The lowest BCUT2D eigenvalue weighted by Gasteiger charge is -2.05. The molecule has 0 aliphatic carbocycles. The Morgan fingerprint density at radius 3 is 2.80 bits per heavy atom. The number of aryl methyl sites for hydroxylation is 2. The third-order valence-corrected chi connectivity index (χ3v) is 3.60. The summed E-state index contributed by atoms with van der Waals surface area (Å²) >= 11 is 1.53. The van der Waals surface area contributed by atoms with Gasteiger partial charge in [-0.3, -0.25) is 4.79 Å². The zero-order chi connectivity index (χ0) is 14.5. The second-order valence-electron chi connectivity index (χ2n) is 4.26. The number of carbonyl (C=O) groups is 2. The standard InChI is InChI=1S/C14H15NO4S/c1-9-6-12(10(2)20-9)14(17)19-8-13(16)15-7-11-4-3-5-18-11/h3-6H,7-8H2,1-2H3,(H,15,16). The van der Waals surface area contributed by atoms with Gasteiger partial charge in [0.2, 0.25) is 0 Å². The summed E-state index contributed by atoms with van der Waals surface area (Å²) < 4.78 is 10.1. The summed E-state index contributed by atoms with van der Waals surface area (Å²) in [5, 5.41) is 2.60. The number of hydrogen-bond donors (Lipinski definition) is 1. The van der Waals surface area contributed by atoms with Gasteiger partial charge in [-0.05, 0) is 32.0 Å². The van der Waals surface area contributed by atoms with Crippen molar-refractivity contribution in [3.63, 3.8) is 0 Å². The van der Waals surface area contributed by atoms with Crippen LogP contribution in [-0.4, -0.2) is 18.5 Å². The fraction of sp³-hybridized carbons (Fsp3) is 0.286. The Morgan fingerprint density at radius 1 is 1.40 bits per heavy atom. The van der Waals surface area contributed by atoms with Crippen molar-refractivity contribution in [1.29, 1.82) is 0 Å². The fourth-order valence-electron chi connectivity index (χ4n) is 1.69. The number of hydrogen-bond acceptors (Lipinski definition) is 5. The van der Waals surface area contributed by atoms with E-state index in [-0.39, 0.29) is 19.1 Å². The molecule has 2 rings (SSSR count). The molecule has 106 valence electrons. The van der Waals surface area contributed by atoms with Gasteiger partial charge in [0.15, 0.2) is 6.61 Å². The van der Waals surface area contributed by atoms with E-state index >= 15 is 0 Å². The topological polar surface area (TPSA) is 68.5 Å². The lowest BCUT2D eigenvalue weighted by molar-refractivity contribution is -0.124. The summed E-state index contributed by atoms with van der Waals surface area (Å²) in [5.74, 6) is -0.187. The summed E-state index contributed by atoms with van der Waals surface area (Å²) in [4.78, 5) is 25.3. The van der Waals surface area contributed by atoms with Crippen LogP contribution in [0.25, 0.3) is 0 Å². The van der Waals surface area contributed by atoms with Crippen molar-refractivity contribution >= 4 is 23.2 Å². The van der Waals surface area contributed by atoms with Gasteiger partial charge < -0.3 is 14.5 Å². The van der Waals surface area contributed by atoms with Crippen LogP contribution in [0.2, 0.25) is 0 Å². The molecule has 1 N–H and O–H groups in total. The fourth-order valence-corrected chi connectivity index (χ4v) is 2.60. The molecule has 0 unspecified atom stereocenters. The maximum Gasteiger partial charge on any atom is 0.339 e. The maximum absolute atomic E-state index is 11.8. The molecule has 0 fully saturated rings. The van der Waals surface area contributed by atoms with Crippen LogP contribution in [0.3, 0.4) is 0 Å². The third-order valence-electron chi connectivity index (χ3n) is 2.64. The van der Waals surface area contributed by atoms with E-state index in [0.717, 1.165) is 9.75 Å². The van der Waals surface area contributed by atoms with Crippen LogP contribution in [-0.2, 0) is 16.1 Å². The molecule has 0 spiro atoms. The zero-order valence-electron chi connectivity index (χ0n) is 11.3. The van der Waals surface area contributed by atoms with Crippen LogP contribution in [0.15, 0.2) is 28.9 Å². The molecule has 0 saturated carbocycles. The van der Waals surface area contributed by atoms with E-state index in [2.05, 4.69) is 5.32 Å². The minimum Gasteiger partial charge on any atom is -0.467 e. The Labute approximate surface area is 120 Å². The smallest absolute Gasteiger partial charge is 0.339 e. The molecule has 0 bridgehead atoms. The SMILES string of the molecule is Cc1cc(C(=O)OCC(=O)NCc2ccco2)c(C)s1. The number of ether oxygens (including phenoxy) is 1. The van der Waals surface area contributed by atoms with Crippen molar-refractivity contribution < 1.29 is 18.7 Å². The van der Waals surface area contributed by atoms with Gasteiger partial charge in [-0.1, -0.05) is 0 Å². The summed E-state index contributed by atoms with van der Waals surface area (Å²) in [6.45, 7) is 3.75. The quantitative estimate of drug-likeness (QED) is 0.860. The molecule has 20 heavy (non-hydrogen) atoms. The molecule has 5 nitrogen and oxygen atoms in total. The highest BCUT2D eigenvalue weighted by Gasteiger charge is 2.14. The first-order chi connectivity index (χ1) is 9.56. The van der Waals surface area contributed by atoms with Gasteiger partial charge in [0.1, 0.15) is 5.76 Å². The first kappa shape index (κ1) is 14.3. The van der Waals surface area contributed by atoms with Gasteiger partial charge in [0.05, 0.1) is 18.4 Å². The van der Waals surface area contributed by atoms with E-state index in [1.54, 1.807) is 18.2 Å². The first-order valence-corrected chi connectivity index (χ1v) is 6.91. The maximum atomic E-state index is 11.8. The summed E-state index contributed by atoms with van der Waals surface area (Å²) in [5.41, 5.74) is 0.520. The lowest BCUT2D eigenvalue weighted by atomic mass is 10.2. The van der Waals surface area contributed by atoms with Gasteiger partial charge in [0, 0.05) is 9.75 Å². The van der Waals surface area contributed by atoms with Gasteiger partial charge in [-0.2, -0.15) is 0 Å². The van der Waals surface area contributed by atoms with Crippen LogP contribution in [0, 0.1) is 13.8 Å². The largest absolute Gasteiger partial charge is 0.467 e. The van der Waals surface area contributed by atoms with Crippen molar-refractivity contribution in [2.24, 2.45) is 0 Å². The van der Waals surface area contributed by atoms with E-state index in [1.807, 2.05) is 13.8 Å². The lowest BCUT2D eigenvalue weighted by Crippen LogP contribution is -2.28. The highest BCUT2D eigenvalue weighted by atomic mass is 32.1. The van der Waals surface area contributed by atoms with Crippen LogP contribution < -0.4 is 5.32 Å². The average molecular weight is 293 g/mol. The molecule has 1 amide bonds. The number of thiophene rings is 1. The number of furan rings is 1. The molecule has 2 aromatic heterocycles. The highest BCUT2D eigenvalue weighted by molar-refractivity contribution is 7.12.